The molecule has 0 fully saturated rings. The summed E-state index contributed by atoms with van der Waals surface area (Å²) in [5.74, 6) is -1.21. The molecule has 0 aliphatic heterocycles. The number of benzene rings is 6. The van der Waals surface area contributed by atoms with Crippen molar-refractivity contribution in [3.05, 3.63) is 114 Å². The third-order valence-electron chi connectivity index (χ3n) is 11.2. The van der Waals surface area contributed by atoms with Crippen molar-refractivity contribution in [2.24, 2.45) is 10.2 Å². The minimum absolute atomic E-state index is 0. The second-order valence-corrected chi connectivity index (χ2v) is 19.2. The van der Waals surface area contributed by atoms with Crippen LogP contribution in [-0.4, -0.2) is 126 Å². The summed E-state index contributed by atoms with van der Waals surface area (Å²) in [6.45, 7) is 4.77. The molecule has 0 radical (unpaired) electrons. The predicted molar refractivity (Wildman–Crippen MR) is 275 cm³/mol. The fourth-order valence-electron chi connectivity index (χ4n) is 7.64. The van der Waals surface area contributed by atoms with Gasteiger partial charge in [0, 0.05) is 34.7 Å². The number of phenolic OH excluding ortho intramolecular Hbond substituents is 2. The molecule has 0 aliphatic rings. The van der Waals surface area contributed by atoms with Crippen molar-refractivity contribution in [1.82, 2.24) is 5.32 Å². The fraction of sp³-hybridized carbons (Fsp3) is 0.320. The number of nitrogens with one attached hydrogen (secondary N) is 2. The molecule has 0 heterocycles. The zero-order chi connectivity index (χ0) is 48.8. The number of nitrogens with zero attached hydrogens (tertiary/aromatic N) is 2. The van der Waals surface area contributed by atoms with E-state index in [1.165, 1.54) is 69.2 Å². The fourth-order valence-corrected chi connectivity index (χ4v) is 8.84. The predicted octanol–water partition coefficient (Wildman–Crippen LogP) is 10.2. The van der Waals surface area contributed by atoms with Gasteiger partial charge in [-0.3, -0.25) is 18.7 Å². The van der Waals surface area contributed by atoms with E-state index in [0.717, 1.165) is 37.5 Å². The van der Waals surface area contributed by atoms with E-state index < -0.39 is 47.4 Å². The van der Waals surface area contributed by atoms with Crippen molar-refractivity contribution in [3.8, 4) is 23.0 Å². The van der Waals surface area contributed by atoms with E-state index in [1.54, 1.807) is 48.5 Å². The number of azo groups is 1. The van der Waals surface area contributed by atoms with Gasteiger partial charge in [-0.2, -0.15) is 21.9 Å². The maximum absolute atomic E-state index is 13.2. The van der Waals surface area contributed by atoms with E-state index in [2.05, 4.69) is 27.8 Å². The van der Waals surface area contributed by atoms with E-state index in [1.807, 2.05) is 19.1 Å². The number of hydrogen-bond donors (Lipinski definition) is 6. The van der Waals surface area contributed by atoms with Gasteiger partial charge in [0.15, 0.2) is 5.75 Å². The van der Waals surface area contributed by atoms with Crippen LogP contribution >= 0.6 is 0 Å². The Morgan fingerprint density at radius 1 is 0.686 bits per heavy atom. The molecule has 20 heteroatoms. The first-order valence-corrected chi connectivity index (χ1v) is 25.4. The molecule has 2 amide bonds. The maximum atomic E-state index is 13.2. The molecule has 1 atom stereocenters. The Kier molecular flexibility index (Phi) is 22.6. The molecule has 6 aromatic rings. The molecule has 1 unspecified atom stereocenters. The summed E-state index contributed by atoms with van der Waals surface area (Å²) in [5.41, 5.74) is -0.573. The van der Waals surface area contributed by atoms with Crippen LogP contribution in [0.2, 0.25) is 0 Å². The van der Waals surface area contributed by atoms with Crippen molar-refractivity contribution >= 4 is 130 Å². The number of amides is 2. The molecule has 0 aliphatic carbocycles. The van der Waals surface area contributed by atoms with Gasteiger partial charge in [-0.15, -0.1) is 5.11 Å². The van der Waals surface area contributed by atoms with Crippen molar-refractivity contribution in [2.45, 2.75) is 100 Å². The molecular weight excluding hydrogens is 959 g/mol. The summed E-state index contributed by atoms with van der Waals surface area (Å²) >= 11 is 0. The Morgan fingerprint density at radius 2 is 1.30 bits per heavy atom. The van der Waals surface area contributed by atoms with Gasteiger partial charge in [-0.25, -0.2) is 0 Å². The topological polar surface area (TPSA) is 251 Å². The summed E-state index contributed by atoms with van der Waals surface area (Å²) in [5, 5.41) is 36.6. The molecule has 16 nitrogen and oxygen atoms in total. The average molecular weight is 1020 g/mol. The van der Waals surface area contributed by atoms with Gasteiger partial charge in [-0.05, 0) is 79.4 Å². The van der Waals surface area contributed by atoms with Gasteiger partial charge in [0.05, 0.1) is 34.5 Å². The third-order valence-corrected chi connectivity index (χ3v) is 12.9. The van der Waals surface area contributed by atoms with Gasteiger partial charge in [0.1, 0.15) is 27.8 Å². The summed E-state index contributed by atoms with van der Waals surface area (Å²) in [4.78, 5) is 24.7. The number of aromatic hydroxyl groups is 2. The minimum atomic E-state index is -5.13. The molecular formula is C50H58N4Na2O12S2. The summed E-state index contributed by atoms with van der Waals surface area (Å²) < 4.78 is 81.7. The quantitative estimate of drug-likeness (QED) is 0.0143. The Morgan fingerprint density at radius 3 is 1.93 bits per heavy atom. The number of unbranched alkanes of at least 4 members (excludes halogenated alkanes) is 9. The number of fused-ring (bicyclic) bond motifs is 2. The van der Waals surface area contributed by atoms with Gasteiger partial charge in [0.25, 0.3) is 32.1 Å². The Balaban J connectivity index is 0.00000533. The molecule has 0 aromatic heterocycles. The first-order valence-electron chi connectivity index (χ1n) is 22.5. The van der Waals surface area contributed by atoms with Crippen LogP contribution in [0.4, 0.5) is 17.1 Å². The molecule has 70 heavy (non-hydrogen) atoms. The van der Waals surface area contributed by atoms with E-state index >= 15 is 0 Å². The second kappa shape index (κ2) is 27.3. The van der Waals surface area contributed by atoms with E-state index in [9.17, 15) is 45.7 Å². The number of rotatable bonds is 24. The number of phenols is 2. The van der Waals surface area contributed by atoms with Gasteiger partial charge in [0.2, 0.25) is 0 Å². The normalized spacial score (nSPS) is 12.0. The van der Waals surface area contributed by atoms with E-state index in [0.29, 0.717) is 35.2 Å². The second-order valence-electron chi connectivity index (χ2n) is 16.4. The molecule has 0 spiro atoms. The van der Waals surface area contributed by atoms with Crippen LogP contribution in [-0.2, 0) is 20.2 Å². The summed E-state index contributed by atoms with van der Waals surface area (Å²) in [6.07, 6.45) is 11.9. The zero-order valence-corrected chi connectivity index (χ0v) is 39.5. The van der Waals surface area contributed by atoms with Crippen LogP contribution in [0.25, 0.3) is 21.5 Å². The zero-order valence-electron chi connectivity index (χ0n) is 37.9. The number of hydrogen-bond acceptors (Lipinski definition) is 12. The number of carbonyl (C=O) groups excluding carboxylic acids is 2. The van der Waals surface area contributed by atoms with E-state index in [-0.39, 0.29) is 117 Å². The molecule has 0 bridgehead atoms. The monoisotopic (exact) mass is 1020 g/mol. The molecule has 364 valence electrons. The Hall–Kier alpha value is -4.60. The molecule has 6 rings (SSSR count). The molecule has 6 N–H and O–H groups in total. The summed E-state index contributed by atoms with van der Waals surface area (Å²) in [7, 11) is -10.0. The van der Waals surface area contributed by atoms with Crippen molar-refractivity contribution < 1.29 is 55.2 Å². The van der Waals surface area contributed by atoms with Crippen molar-refractivity contribution in [3.63, 3.8) is 0 Å². The van der Waals surface area contributed by atoms with E-state index in [4.69, 9.17) is 9.47 Å². The van der Waals surface area contributed by atoms with Crippen LogP contribution in [0.5, 0.6) is 23.0 Å². The Bertz CT molecular complexity index is 3000. The van der Waals surface area contributed by atoms with Crippen molar-refractivity contribution in [2.75, 3.05) is 18.5 Å². The Labute approximate surface area is 452 Å². The molecule has 0 saturated carbocycles. The summed E-state index contributed by atoms with van der Waals surface area (Å²) in [6, 6.07) is 25.2. The van der Waals surface area contributed by atoms with Crippen LogP contribution in [0.15, 0.2) is 123 Å². The number of ether oxygens (including phenoxy) is 2. The first-order chi connectivity index (χ1) is 32.5. The van der Waals surface area contributed by atoms with Gasteiger partial charge >= 0.3 is 59.1 Å². The van der Waals surface area contributed by atoms with Crippen molar-refractivity contribution in [1.29, 1.82) is 0 Å². The van der Waals surface area contributed by atoms with Crippen LogP contribution in [0.3, 0.4) is 0 Å². The molecule has 0 saturated heterocycles. The van der Waals surface area contributed by atoms with Crippen LogP contribution in [0, 0.1) is 0 Å². The van der Waals surface area contributed by atoms with Crippen LogP contribution < -0.4 is 20.1 Å². The van der Waals surface area contributed by atoms with Gasteiger partial charge < -0.3 is 30.3 Å². The average Bonchev–Trinajstić information content (AvgIpc) is 3.31. The standard InChI is InChI=1S/C50H56N4O12S2.2Na.2H/c1-3-4-5-6-7-8-9-10-11-17-27-51-50(58)41-32-43(39-20-15-16-21-40(39)47(41)55)65-28-26-33(2)66-37-24-22-36(23-25-37)53-54-46-44(68(62,63)64)30-35-29-38(67(59,60)61)31-42(45(35)48(46)56)52-49(57)34-18-13-12-14-19-34;;;;/h12-16,18-25,29-33,55-56H,3-11,17,26-28H2,1-2H3,(H,51,58)(H,52,57)(H,59,60,61)(H,62,63,64);;;;/b54-53+;;;;. The first kappa shape index (κ1) is 58.0. The SMILES string of the molecule is CCCCCCCCCCCCNC(=O)c1cc(OCCC(C)Oc2ccc(/N=N/c3c(S(=O)(=O)O)cc4cc(S(=O)(=O)O)cc(NC(=O)c5ccccc5)c4c3O)cc2)c2ccccc2c1O.[NaH].[NaH]. The van der Waals surface area contributed by atoms with Gasteiger partial charge in [-0.1, -0.05) is 107 Å². The molecule has 6 aromatic carbocycles. The number of carbonyl (C=O) groups is 2. The number of anilines is 1. The third kappa shape index (κ3) is 16.0. The van der Waals surface area contributed by atoms with Crippen LogP contribution in [0.1, 0.15) is 105 Å².